The molecule has 8 heteroatoms. The van der Waals surface area contributed by atoms with Crippen LogP contribution >= 0.6 is 11.8 Å². The molecule has 1 aromatic carbocycles. The van der Waals surface area contributed by atoms with Crippen LogP contribution in [0, 0.1) is 0 Å². The fourth-order valence-electron chi connectivity index (χ4n) is 2.01. The molecule has 0 aliphatic rings. The van der Waals surface area contributed by atoms with E-state index in [0.717, 1.165) is 29.6 Å². The van der Waals surface area contributed by atoms with Gasteiger partial charge in [0.25, 0.3) is 0 Å². The standard InChI is InChI=1S/C16H22N4O3S/c1-3-5-8-17-15(22)20-14(21)10-24-16-18-12-7-6-11(23-4-2)9-13(12)19-16/h6-7,9H,3-5,8,10H2,1-2H3,(H,18,19)(H2,17,20,21,22). The lowest BCUT2D eigenvalue weighted by molar-refractivity contribution is -0.117. The molecule has 7 nitrogen and oxygen atoms in total. The van der Waals surface area contributed by atoms with Crippen LogP contribution in [-0.2, 0) is 4.79 Å². The Balaban J connectivity index is 1.84. The van der Waals surface area contributed by atoms with Gasteiger partial charge in [-0.05, 0) is 25.5 Å². The summed E-state index contributed by atoms with van der Waals surface area (Å²) in [5.41, 5.74) is 1.65. The molecule has 130 valence electrons. The van der Waals surface area contributed by atoms with Crippen molar-refractivity contribution in [1.82, 2.24) is 20.6 Å². The highest BCUT2D eigenvalue weighted by Crippen LogP contribution is 2.23. The average Bonchev–Trinajstić information content (AvgIpc) is 2.96. The highest BCUT2D eigenvalue weighted by molar-refractivity contribution is 7.99. The third kappa shape index (κ3) is 5.45. The van der Waals surface area contributed by atoms with Crippen molar-refractivity contribution >= 4 is 34.7 Å². The summed E-state index contributed by atoms with van der Waals surface area (Å²) < 4.78 is 5.44. The number of ether oxygens (including phenoxy) is 1. The zero-order valence-electron chi connectivity index (χ0n) is 13.8. The molecule has 0 bridgehead atoms. The maximum Gasteiger partial charge on any atom is 0.321 e. The monoisotopic (exact) mass is 350 g/mol. The molecular formula is C16H22N4O3S. The number of nitrogens with one attached hydrogen (secondary N) is 3. The number of nitrogens with zero attached hydrogens (tertiary/aromatic N) is 1. The van der Waals surface area contributed by atoms with Crippen LogP contribution in [0.3, 0.4) is 0 Å². The number of hydrogen-bond donors (Lipinski definition) is 3. The number of benzene rings is 1. The normalized spacial score (nSPS) is 10.6. The number of urea groups is 1. The quantitative estimate of drug-likeness (QED) is 0.502. The molecule has 1 heterocycles. The van der Waals surface area contributed by atoms with Crippen LogP contribution in [0.25, 0.3) is 11.0 Å². The minimum Gasteiger partial charge on any atom is -0.494 e. The number of imide groups is 1. The Bertz CT molecular complexity index is 702. The highest BCUT2D eigenvalue weighted by Gasteiger charge is 2.10. The van der Waals surface area contributed by atoms with Gasteiger partial charge in [0.05, 0.1) is 23.4 Å². The number of amides is 3. The summed E-state index contributed by atoms with van der Waals surface area (Å²) in [7, 11) is 0. The Labute approximate surface area is 144 Å². The molecule has 3 N–H and O–H groups in total. The summed E-state index contributed by atoms with van der Waals surface area (Å²) in [5.74, 6) is 0.524. The zero-order valence-corrected chi connectivity index (χ0v) is 14.7. The van der Waals surface area contributed by atoms with Crippen molar-refractivity contribution in [2.45, 2.75) is 31.8 Å². The second kappa shape index (κ2) is 9.17. The summed E-state index contributed by atoms with van der Waals surface area (Å²) in [5, 5.41) is 5.56. The van der Waals surface area contributed by atoms with Gasteiger partial charge in [-0.2, -0.15) is 0 Å². The zero-order chi connectivity index (χ0) is 17.4. The first-order valence-corrected chi connectivity index (χ1v) is 8.94. The number of imidazole rings is 1. The van der Waals surface area contributed by atoms with Gasteiger partial charge in [0.1, 0.15) is 5.75 Å². The van der Waals surface area contributed by atoms with Gasteiger partial charge in [0.15, 0.2) is 5.16 Å². The minimum atomic E-state index is -0.458. The van der Waals surface area contributed by atoms with Gasteiger partial charge >= 0.3 is 6.03 Å². The molecule has 0 saturated carbocycles. The third-order valence-electron chi connectivity index (χ3n) is 3.15. The van der Waals surface area contributed by atoms with Crippen molar-refractivity contribution in [3.05, 3.63) is 18.2 Å². The van der Waals surface area contributed by atoms with E-state index in [1.807, 2.05) is 32.0 Å². The first-order valence-electron chi connectivity index (χ1n) is 7.95. The van der Waals surface area contributed by atoms with E-state index in [1.165, 1.54) is 11.8 Å². The number of aromatic amines is 1. The summed E-state index contributed by atoms with van der Waals surface area (Å²) >= 11 is 1.24. The predicted molar refractivity (Wildman–Crippen MR) is 94.4 cm³/mol. The average molecular weight is 350 g/mol. The first kappa shape index (κ1) is 18.1. The molecule has 1 aromatic heterocycles. The Morgan fingerprint density at radius 1 is 1.33 bits per heavy atom. The number of rotatable bonds is 8. The molecule has 0 spiro atoms. The molecular weight excluding hydrogens is 328 g/mol. The van der Waals surface area contributed by atoms with Crippen LogP contribution in [0.4, 0.5) is 4.79 Å². The molecule has 0 aliphatic heterocycles. The summed E-state index contributed by atoms with van der Waals surface area (Å²) in [6.07, 6.45) is 1.88. The topological polar surface area (TPSA) is 96.1 Å². The minimum absolute atomic E-state index is 0.110. The molecule has 0 fully saturated rings. The second-order valence-electron chi connectivity index (χ2n) is 5.10. The van der Waals surface area contributed by atoms with Gasteiger partial charge in [0.2, 0.25) is 5.91 Å². The SMILES string of the molecule is CCCCNC(=O)NC(=O)CSc1nc2ccc(OCC)cc2[nH]1. The fourth-order valence-corrected chi connectivity index (χ4v) is 2.69. The number of fused-ring (bicyclic) bond motifs is 1. The number of thioether (sulfide) groups is 1. The Kier molecular flexibility index (Phi) is 6.92. The number of carbonyl (C=O) groups is 2. The summed E-state index contributed by atoms with van der Waals surface area (Å²) in [6.45, 7) is 5.12. The van der Waals surface area contributed by atoms with E-state index >= 15 is 0 Å². The van der Waals surface area contributed by atoms with Crippen molar-refractivity contribution in [2.24, 2.45) is 0 Å². The molecule has 0 aliphatic carbocycles. The van der Waals surface area contributed by atoms with Crippen LogP contribution < -0.4 is 15.4 Å². The van der Waals surface area contributed by atoms with Gasteiger partial charge in [-0.25, -0.2) is 9.78 Å². The Morgan fingerprint density at radius 2 is 2.17 bits per heavy atom. The van der Waals surface area contributed by atoms with E-state index in [2.05, 4.69) is 20.6 Å². The number of unbranched alkanes of at least 4 members (excludes halogenated alkanes) is 1. The van der Waals surface area contributed by atoms with Gasteiger partial charge in [-0.3, -0.25) is 10.1 Å². The van der Waals surface area contributed by atoms with Crippen LogP contribution in [0.15, 0.2) is 23.4 Å². The van der Waals surface area contributed by atoms with Crippen molar-refractivity contribution in [2.75, 3.05) is 18.9 Å². The first-order chi connectivity index (χ1) is 11.6. The Morgan fingerprint density at radius 3 is 2.92 bits per heavy atom. The molecule has 24 heavy (non-hydrogen) atoms. The van der Waals surface area contributed by atoms with Crippen LogP contribution in [-0.4, -0.2) is 40.8 Å². The van der Waals surface area contributed by atoms with Gasteiger partial charge in [-0.15, -0.1) is 0 Å². The lowest BCUT2D eigenvalue weighted by Gasteiger charge is -2.05. The molecule has 3 amide bonds. The number of H-pyrrole nitrogens is 1. The number of aromatic nitrogens is 2. The van der Waals surface area contributed by atoms with E-state index in [0.29, 0.717) is 18.3 Å². The van der Waals surface area contributed by atoms with Crippen LogP contribution in [0.2, 0.25) is 0 Å². The van der Waals surface area contributed by atoms with E-state index in [1.54, 1.807) is 0 Å². The largest absolute Gasteiger partial charge is 0.494 e. The molecule has 0 saturated heterocycles. The molecule has 2 rings (SSSR count). The number of carbonyl (C=O) groups excluding carboxylic acids is 2. The maximum atomic E-state index is 11.8. The van der Waals surface area contributed by atoms with Crippen molar-refractivity contribution in [3.63, 3.8) is 0 Å². The second-order valence-corrected chi connectivity index (χ2v) is 6.06. The van der Waals surface area contributed by atoms with E-state index in [9.17, 15) is 9.59 Å². The van der Waals surface area contributed by atoms with Crippen LogP contribution in [0.1, 0.15) is 26.7 Å². The molecule has 0 atom stereocenters. The molecule has 0 unspecified atom stereocenters. The summed E-state index contributed by atoms with van der Waals surface area (Å²) in [4.78, 5) is 30.8. The van der Waals surface area contributed by atoms with E-state index in [-0.39, 0.29) is 11.7 Å². The van der Waals surface area contributed by atoms with Gasteiger partial charge < -0.3 is 15.0 Å². The van der Waals surface area contributed by atoms with Gasteiger partial charge in [-0.1, -0.05) is 25.1 Å². The maximum absolute atomic E-state index is 11.8. The highest BCUT2D eigenvalue weighted by atomic mass is 32.2. The van der Waals surface area contributed by atoms with E-state index < -0.39 is 6.03 Å². The lowest BCUT2D eigenvalue weighted by Crippen LogP contribution is -2.40. The smallest absolute Gasteiger partial charge is 0.321 e. The number of hydrogen-bond acceptors (Lipinski definition) is 5. The van der Waals surface area contributed by atoms with E-state index in [4.69, 9.17) is 4.74 Å². The third-order valence-corrected chi connectivity index (χ3v) is 4.02. The molecule has 0 radical (unpaired) electrons. The molecule has 2 aromatic rings. The van der Waals surface area contributed by atoms with Crippen molar-refractivity contribution in [3.8, 4) is 5.75 Å². The van der Waals surface area contributed by atoms with Crippen LogP contribution in [0.5, 0.6) is 5.75 Å². The lowest BCUT2D eigenvalue weighted by atomic mass is 10.3. The Hall–Kier alpha value is -2.22. The predicted octanol–water partition coefficient (Wildman–Crippen LogP) is 2.68. The van der Waals surface area contributed by atoms with Crippen molar-refractivity contribution < 1.29 is 14.3 Å². The van der Waals surface area contributed by atoms with Crippen molar-refractivity contribution in [1.29, 1.82) is 0 Å². The fraction of sp³-hybridized carbons (Fsp3) is 0.438. The van der Waals surface area contributed by atoms with Gasteiger partial charge in [0, 0.05) is 12.6 Å². The summed E-state index contributed by atoms with van der Waals surface area (Å²) in [6, 6.07) is 5.13.